The average molecular weight is 422 g/mol. The lowest BCUT2D eigenvalue weighted by Gasteiger charge is -2.32. The number of nitrogen functional groups attached to an aromatic ring is 1. The van der Waals surface area contributed by atoms with Gasteiger partial charge < -0.3 is 5.84 Å². The minimum Gasteiger partial charge on any atom is -0.339 e. The molecule has 0 fully saturated rings. The van der Waals surface area contributed by atoms with Crippen LogP contribution in [0.15, 0.2) is 54.7 Å². The number of hydrogen-bond donors (Lipinski definition) is 1. The fourth-order valence-electron chi connectivity index (χ4n) is 4.22. The minimum absolute atomic E-state index is 0.0767. The molecule has 1 aliphatic heterocycles. The Morgan fingerprint density at radius 2 is 1.93 bits per heavy atom. The quantitative estimate of drug-likeness (QED) is 0.454. The number of nitrogens with two attached hydrogens (primary N) is 1. The van der Waals surface area contributed by atoms with E-state index >= 15 is 0 Å². The molecule has 0 unspecified atom stereocenters. The molecular weight excluding hydrogens is 394 g/mol. The van der Waals surface area contributed by atoms with Gasteiger partial charge in [0.25, 0.3) is 0 Å². The number of fused-ring (bicyclic) bond motifs is 1. The molecule has 5 heteroatoms. The third-order valence-corrected chi connectivity index (χ3v) is 5.88. The monoisotopic (exact) mass is 421 g/mol. The number of ketones is 1. The third-order valence-electron chi connectivity index (χ3n) is 5.55. The Morgan fingerprint density at radius 3 is 2.60 bits per heavy atom. The Balaban J connectivity index is 1.68. The minimum atomic E-state index is -0.0767. The van der Waals surface area contributed by atoms with Gasteiger partial charge in [-0.25, -0.2) is 0 Å². The molecule has 3 aromatic rings. The maximum absolute atomic E-state index is 13.0. The van der Waals surface area contributed by atoms with E-state index in [1.165, 1.54) is 5.57 Å². The summed E-state index contributed by atoms with van der Waals surface area (Å²) in [7, 11) is 0. The van der Waals surface area contributed by atoms with Gasteiger partial charge in [0, 0.05) is 47.9 Å². The summed E-state index contributed by atoms with van der Waals surface area (Å²) in [6, 6.07) is 12.8. The van der Waals surface area contributed by atoms with Crippen LogP contribution in [0, 0.1) is 5.41 Å². The summed E-state index contributed by atoms with van der Waals surface area (Å²) in [5, 5.41) is 1.47. The standard InChI is InChI=1S/C25H28ClN3O/c1-25(2,3)16-28-12-10-17(11-13-28)21-15-29(27)23-9-8-18(14-20(21)23)24(30)19-6-4-5-7-22(19)26/h4-10,14-15H,11-13,16,27H2,1-3H3. The molecule has 156 valence electrons. The van der Waals surface area contributed by atoms with Gasteiger partial charge in [0.2, 0.25) is 0 Å². The van der Waals surface area contributed by atoms with Crippen molar-refractivity contribution in [3.63, 3.8) is 0 Å². The molecule has 0 saturated heterocycles. The summed E-state index contributed by atoms with van der Waals surface area (Å²) in [5.74, 6) is 6.15. The average Bonchev–Trinajstić information content (AvgIpc) is 3.03. The van der Waals surface area contributed by atoms with Crippen LogP contribution in [0.3, 0.4) is 0 Å². The number of hydrogen-bond acceptors (Lipinski definition) is 3. The Kier molecular flexibility index (Phi) is 5.48. The highest BCUT2D eigenvalue weighted by atomic mass is 35.5. The molecule has 0 spiro atoms. The molecule has 0 amide bonds. The van der Waals surface area contributed by atoms with Crippen LogP contribution in [-0.4, -0.2) is 35.0 Å². The predicted molar refractivity (Wildman–Crippen MR) is 125 cm³/mol. The summed E-state index contributed by atoms with van der Waals surface area (Å²) in [6.45, 7) is 9.84. The Morgan fingerprint density at radius 1 is 1.17 bits per heavy atom. The third kappa shape index (κ3) is 4.16. The summed E-state index contributed by atoms with van der Waals surface area (Å²) in [5.41, 5.74) is 4.73. The van der Waals surface area contributed by atoms with Gasteiger partial charge in [0.1, 0.15) is 0 Å². The van der Waals surface area contributed by atoms with Crippen molar-refractivity contribution in [2.45, 2.75) is 27.2 Å². The second kappa shape index (κ2) is 7.93. The number of benzene rings is 2. The largest absolute Gasteiger partial charge is 0.339 e. The molecule has 4 rings (SSSR count). The van der Waals surface area contributed by atoms with Crippen molar-refractivity contribution < 1.29 is 4.79 Å². The van der Waals surface area contributed by atoms with E-state index in [9.17, 15) is 4.79 Å². The lowest BCUT2D eigenvalue weighted by atomic mass is 9.93. The van der Waals surface area contributed by atoms with Gasteiger partial charge in [-0.1, -0.05) is 50.6 Å². The molecule has 0 saturated carbocycles. The van der Waals surface area contributed by atoms with Crippen molar-refractivity contribution in [3.05, 3.63) is 76.5 Å². The maximum atomic E-state index is 13.0. The molecular formula is C25H28ClN3O. The summed E-state index contributed by atoms with van der Waals surface area (Å²) in [6.07, 6.45) is 5.24. The topological polar surface area (TPSA) is 51.3 Å². The van der Waals surface area contributed by atoms with Crippen LogP contribution < -0.4 is 5.84 Å². The summed E-state index contributed by atoms with van der Waals surface area (Å²) in [4.78, 5) is 15.5. The zero-order valence-electron chi connectivity index (χ0n) is 17.8. The highest BCUT2D eigenvalue weighted by molar-refractivity contribution is 6.35. The van der Waals surface area contributed by atoms with Crippen molar-refractivity contribution in [1.82, 2.24) is 9.58 Å². The van der Waals surface area contributed by atoms with Crippen LogP contribution >= 0.6 is 11.6 Å². The lowest BCUT2D eigenvalue weighted by molar-refractivity contribution is 0.103. The molecule has 0 bridgehead atoms. The van der Waals surface area contributed by atoms with Crippen LogP contribution in [-0.2, 0) is 0 Å². The molecule has 1 aromatic heterocycles. The fourth-order valence-corrected chi connectivity index (χ4v) is 4.44. The van der Waals surface area contributed by atoms with E-state index in [-0.39, 0.29) is 11.2 Å². The van der Waals surface area contributed by atoms with E-state index in [1.807, 2.05) is 36.5 Å². The fraction of sp³-hybridized carbons (Fsp3) is 0.320. The first-order valence-corrected chi connectivity index (χ1v) is 10.7. The zero-order chi connectivity index (χ0) is 21.5. The Hall–Kier alpha value is -2.56. The van der Waals surface area contributed by atoms with E-state index in [4.69, 9.17) is 17.4 Å². The molecule has 30 heavy (non-hydrogen) atoms. The highest BCUT2D eigenvalue weighted by Gasteiger charge is 2.21. The van der Waals surface area contributed by atoms with Crippen LogP contribution in [0.1, 0.15) is 48.7 Å². The number of nitrogens with zero attached hydrogens (tertiary/aromatic N) is 2. The first-order chi connectivity index (χ1) is 14.2. The highest BCUT2D eigenvalue weighted by Crippen LogP contribution is 2.32. The van der Waals surface area contributed by atoms with Gasteiger partial charge in [-0.3, -0.25) is 14.4 Å². The Labute approximate surface area is 182 Å². The maximum Gasteiger partial charge on any atom is 0.194 e. The van der Waals surface area contributed by atoms with Crippen molar-refractivity contribution in [2.75, 3.05) is 25.5 Å². The van der Waals surface area contributed by atoms with E-state index < -0.39 is 0 Å². The van der Waals surface area contributed by atoms with Crippen LogP contribution in [0.2, 0.25) is 5.02 Å². The molecule has 0 radical (unpaired) electrons. The van der Waals surface area contributed by atoms with Gasteiger partial charge in [-0.2, -0.15) is 0 Å². The van der Waals surface area contributed by atoms with Crippen LogP contribution in [0.25, 0.3) is 16.5 Å². The number of halogens is 1. The van der Waals surface area contributed by atoms with Crippen LogP contribution in [0.4, 0.5) is 0 Å². The van der Waals surface area contributed by atoms with Crippen molar-refractivity contribution in [2.24, 2.45) is 5.41 Å². The predicted octanol–water partition coefficient (Wildman–Crippen LogP) is 5.37. The smallest absolute Gasteiger partial charge is 0.194 e. The SMILES string of the molecule is CC(C)(C)CN1CC=C(c2cn(N)c3ccc(C(=O)c4ccccc4Cl)cc23)CC1. The summed E-state index contributed by atoms with van der Waals surface area (Å²) >= 11 is 6.25. The van der Waals surface area contributed by atoms with E-state index in [1.54, 1.807) is 16.8 Å². The lowest BCUT2D eigenvalue weighted by Crippen LogP contribution is -2.35. The van der Waals surface area contributed by atoms with Crippen molar-refractivity contribution >= 4 is 33.9 Å². The first kappa shape index (κ1) is 20.7. The zero-order valence-corrected chi connectivity index (χ0v) is 18.5. The van der Waals surface area contributed by atoms with E-state index in [0.29, 0.717) is 16.1 Å². The second-order valence-corrected chi connectivity index (χ2v) is 9.67. The van der Waals surface area contributed by atoms with Crippen molar-refractivity contribution in [3.8, 4) is 0 Å². The molecule has 2 N–H and O–H groups in total. The number of carbonyl (C=O) groups is 1. The molecule has 4 nitrogen and oxygen atoms in total. The Bertz CT molecular complexity index is 1140. The summed E-state index contributed by atoms with van der Waals surface area (Å²) < 4.78 is 1.65. The van der Waals surface area contributed by atoms with Gasteiger partial charge in [0.05, 0.1) is 10.5 Å². The molecule has 2 aromatic carbocycles. The molecule has 0 atom stereocenters. The van der Waals surface area contributed by atoms with Gasteiger partial charge >= 0.3 is 0 Å². The molecule has 2 heterocycles. The van der Waals surface area contributed by atoms with E-state index in [2.05, 4.69) is 31.7 Å². The number of rotatable bonds is 4. The number of carbonyl (C=O) groups excluding carboxylic acids is 1. The van der Waals surface area contributed by atoms with E-state index in [0.717, 1.165) is 42.5 Å². The van der Waals surface area contributed by atoms with Gasteiger partial charge in [-0.05, 0) is 47.7 Å². The first-order valence-electron chi connectivity index (χ1n) is 10.3. The van der Waals surface area contributed by atoms with Gasteiger partial charge in [-0.15, -0.1) is 0 Å². The van der Waals surface area contributed by atoms with Gasteiger partial charge in [0.15, 0.2) is 5.78 Å². The molecule has 1 aliphatic rings. The molecule has 0 aliphatic carbocycles. The van der Waals surface area contributed by atoms with Crippen LogP contribution in [0.5, 0.6) is 0 Å². The number of aromatic nitrogens is 1. The normalized spacial score (nSPS) is 15.4. The second-order valence-electron chi connectivity index (χ2n) is 9.27. The van der Waals surface area contributed by atoms with Crippen molar-refractivity contribution in [1.29, 1.82) is 0 Å².